The van der Waals surface area contributed by atoms with Crippen LogP contribution in [0.5, 0.6) is 5.75 Å². The van der Waals surface area contributed by atoms with Crippen molar-refractivity contribution in [1.82, 2.24) is 10.2 Å². The monoisotopic (exact) mass is 599 g/mol. The topological polar surface area (TPSA) is 153 Å². The molecule has 44 heavy (non-hydrogen) atoms. The predicted octanol–water partition coefficient (Wildman–Crippen LogP) is 5.89. The van der Waals surface area contributed by atoms with Gasteiger partial charge in [0.05, 0.1) is 11.6 Å². The molecule has 0 radical (unpaired) electrons. The van der Waals surface area contributed by atoms with Crippen LogP contribution in [0.3, 0.4) is 0 Å². The minimum Gasteiger partial charge on any atom is -0.674 e. The summed E-state index contributed by atoms with van der Waals surface area (Å²) in [4.78, 5) is 38.6. The van der Waals surface area contributed by atoms with Crippen molar-refractivity contribution in [2.75, 3.05) is 6.54 Å². The molecule has 1 fully saturated rings. The number of alkyl carbamates (subject to hydrolysis) is 1. The average Bonchev–Trinajstić information content (AvgIpc) is 3.51. The van der Waals surface area contributed by atoms with Crippen molar-refractivity contribution in [2.45, 2.75) is 70.9 Å². The van der Waals surface area contributed by atoms with Gasteiger partial charge in [0.1, 0.15) is 30.0 Å². The highest BCUT2D eigenvalue weighted by Crippen LogP contribution is 2.21. The zero-order valence-corrected chi connectivity index (χ0v) is 25.3. The molecule has 1 saturated heterocycles. The zero-order chi connectivity index (χ0) is 32.1. The number of likely N-dealkylation sites (tertiary alicyclic amines) is 1. The molecule has 10 nitrogen and oxygen atoms in total. The van der Waals surface area contributed by atoms with E-state index in [9.17, 15) is 19.5 Å². The maximum atomic E-state index is 13.3. The number of carbonyl (C=O) groups is 3. The number of ether oxygens (including phenoxy) is 2. The van der Waals surface area contributed by atoms with Crippen LogP contribution in [0.1, 0.15) is 55.9 Å². The SMILES string of the molecule is CC(C)(C)OC(=O)N[C@H](Cc1ccc(OCc2ccccc2)cc1)C(=O)N1CCC[C@H]1C(=O)O.N#Cc1ccc(C[NH-])cc1. The van der Waals surface area contributed by atoms with Gasteiger partial charge in [0.15, 0.2) is 0 Å². The van der Waals surface area contributed by atoms with E-state index in [2.05, 4.69) is 5.32 Å². The van der Waals surface area contributed by atoms with Crippen molar-refractivity contribution in [3.8, 4) is 11.8 Å². The largest absolute Gasteiger partial charge is 0.674 e. The molecule has 3 aromatic carbocycles. The molecule has 10 heteroatoms. The highest BCUT2D eigenvalue weighted by atomic mass is 16.6. The standard InChI is InChI=1S/C26H32N2O6.C8H7N2/c1-26(2,3)34-25(32)27-21(23(29)28-15-7-10-22(28)24(30)31)16-18-11-13-20(14-12-18)33-17-19-8-5-4-6-9-19;9-5-7-1-2-8(6-10)4-3-7/h4-6,8-9,11-14,21-22H,7,10,15-17H2,1-3H3,(H,27,32)(H,30,31);1-4,9H,5H2/q;-1/t21-,22+;/m1./s1. The molecule has 232 valence electrons. The fourth-order valence-corrected chi connectivity index (χ4v) is 4.53. The van der Waals surface area contributed by atoms with E-state index in [0.29, 0.717) is 37.3 Å². The van der Waals surface area contributed by atoms with Crippen LogP contribution >= 0.6 is 0 Å². The Balaban J connectivity index is 0.000000448. The summed E-state index contributed by atoms with van der Waals surface area (Å²) in [6, 6.07) is 24.3. The Bertz CT molecular complexity index is 1410. The van der Waals surface area contributed by atoms with Crippen molar-refractivity contribution in [2.24, 2.45) is 0 Å². The Kier molecular flexibility index (Phi) is 12.3. The van der Waals surface area contributed by atoms with Gasteiger partial charge in [-0.3, -0.25) is 4.79 Å². The molecule has 3 N–H and O–H groups in total. The molecule has 4 rings (SSSR count). The summed E-state index contributed by atoms with van der Waals surface area (Å²) >= 11 is 0. The van der Waals surface area contributed by atoms with Crippen LogP contribution in [0, 0.1) is 11.3 Å². The number of nitriles is 1. The Morgan fingerprint density at radius 2 is 1.64 bits per heavy atom. The summed E-state index contributed by atoms with van der Waals surface area (Å²) in [7, 11) is 0. The molecule has 2 atom stereocenters. The molecule has 0 bridgehead atoms. The van der Waals surface area contributed by atoms with Crippen molar-refractivity contribution < 1.29 is 29.0 Å². The van der Waals surface area contributed by atoms with Gasteiger partial charge in [-0.15, -0.1) is 6.54 Å². The van der Waals surface area contributed by atoms with Gasteiger partial charge in [0, 0.05) is 13.0 Å². The summed E-state index contributed by atoms with van der Waals surface area (Å²) in [6.07, 6.45) is 0.475. The highest BCUT2D eigenvalue weighted by molar-refractivity contribution is 5.90. The number of carbonyl (C=O) groups excluding carboxylic acids is 2. The number of carboxylic acid groups (broad SMARTS) is 1. The van der Waals surface area contributed by atoms with Crippen LogP contribution in [0.4, 0.5) is 4.79 Å². The van der Waals surface area contributed by atoms with Gasteiger partial charge in [-0.2, -0.15) is 5.26 Å². The molecular weight excluding hydrogens is 560 g/mol. The maximum Gasteiger partial charge on any atom is 0.408 e. The molecule has 0 aromatic heterocycles. The van der Waals surface area contributed by atoms with E-state index in [1.165, 1.54) is 4.90 Å². The van der Waals surface area contributed by atoms with E-state index in [-0.39, 0.29) is 13.0 Å². The summed E-state index contributed by atoms with van der Waals surface area (Å²) in [5.41, 5.74) is 9.70. The lowest BCUT2D eigenvalue weighted by molar-refractivity contribution is -0.149. The fourth-order valence-electron chi connectivity index (χ4n) is 4.53. The third-order valence-corrected chi connectivity index (χ3v) is 6.71. The molecule has 0 spiro atoms. The second kappa shape index (κ2) is 16.1. The first-order valence-corrected chi connectivity index (χ1v) is 14.4. The second-order valence-corrected chi connectivity index (χ2v) is 11.3. The molecule has 3 aromatic rings. The minimum atomic E-state index is -1.04. The van der Waals surface area contributed by atoms with Crippen LogP contribution in [-0.2, 0) is 33.9 Å². The van der Waals surface area contributed by atoms with E-state index in [1.807, 2.05) is 60.7 Å². The van der Waals surface area contributed by atoms with Gasteiger partial charge in [0.2, 0.25) is 5.91 Å². The van der Waals surface area contributed by atoms with Crippen LogP contribution in [0.2, 0.25) is 0 Å². The molecular formula is C34H39N4O6-. The fraction of sp³-hybridized carbons (Fsp3) is 0.353. The number of benzene rings is 3. The summed E-state index contributed by atoms with van der Waals surface area (Å²) in [6.45, 7) is 6.27. The van der Waals surface area contributed by atoms with Crippen LogP contribution < -0.4 is 10.1 Å². The Morgan fingerprint density at radius 1 is 1.00 bits per heavy atom. The van der Waals surface area contributed by atoms with Gasteiger partial charge in [-0.1, -0.05) is 60.2 Å². The summed E-state index contributed by atoms with van der Waals surface area (Å²) in [5.74, 6) is -0.789. The number of hydrogen-bond donors (Lipinski definition) is 2. The van der Waals surface area contributed by atoms with Gasteiger partial charge in [-0.25, -0.2) is 9.59 Å². The normalized spacial score (nSPS) is 14.8. The van der Waals surface area contributed by atoms with Crippen molar-refractivity contribution in [1.29, 1.82) is 5.26 Å². The zero-order valence-electron chi connectivity index (χ0n) is 25.3. The van der Waals surface area contributed by atoms with E-state index < -0.39 is 35.7 Å². The number of aliphatic carboxylic acids is 1. The number of amides is 2. The second-order valence-electron chi connectivity index (χ2n) is 11.3. The quantitative estimate of drug-likeness (QED) is 0.311. The number of nitrogens with zero attached hydrogens (tertiary/aromatic N) is 2. The lowest BCUT2D eigenvalue weighted by Gasteiger charge is -2.28. The Hall–Kier alpha value is -4.88. The Labute approximate surface area is 258 Å². The van der Waals surface area contributed by atoms with Crippen LogP contribution in [0.15, 0.2) is 78.9 Å². The number of carboxylic acids is 1. The lowest BCUT2D eigenvalue weighted by Crippen LogP contribution is -2.53. The Morgan fingerprint density at radius 3 is 2.20 bits per heavy atom. The van der Waals surface area contributed by atoms with Crippen molar-refractivity contribution in [3.05, 3.63) is 107 Å². The van der Waals surface area contributed by atoms with Gasteiger partial charge < -0.3 is 30.5 Å². The first-order valence-electron chi connectivity index (χ1n) is 14.4. The van der Waals surface area contributed by atoms with E-state index in [0.717, 1.165) is 16.7 Å². The minimum absolute atomic E-state index is 0.194. The molecule has 0 saturated carbocycles. The third-order valence-electron chi connectivity index (χ3n) is 6.71. The molecule has 1 aliphatic rings. The summed E-state index contributed by atoms with van der Waals surface area (Å²) in [5, 5.41) is 20.5. The van der Waals surface area contributed by atoms with Crippen LogP contribution in [-0.4, -0.2) is 52.2 Å². The molecule has 1 heterocycles. The molecule has 2 amide bonds. The smallest absolute Gasteiger partial charge is 0.408 e. The first kappa shape index (κ1) is 33.6. The molecule has 0 aliphatic carbocycles. The average molecular weight is 600 g/mol. The predicted molar refractivity (Wildman–Crippen MR) is 166 cm³/mol. The van der Waals surface area contributed by atoms with Gasteiger partial charge >= 0.3 is 12.1 Å². The maximum absolute atomic E-state index is 13.3. The third kappa shape index (κ3) is 10.7. The van der Waals surface area contributed by atoms with Gasteiger partial charge in [-0.05, 0) is 69.0 Å². The molecule has 0 unspecified atom stereocenters. The summed E-state index contributed by atoms with van der Waals surface area (Å²) < 4.78 is 11.1. The lowest BCUT2D eigenvalue weighted by atomic mass is 10.0. The van der Waals surface area contributed by atoms with E-state index >= 15 is 0 Å². The van der Waals surface area contributed by atoms with Crippen molar-refractivity contribution >= 4 is 18.0 Å². The van der Waals surface area contributed by atoms with Crippen LogP contribution in [0.25, 0.3) is 5.73 Å². The number of nitrogens with one attached hydrogen (secondary N) is 2. The van der Waals surface area contributed by atoms with Gasteiger partial charge in [0.25, 0.3) is 0 Å². The highest BCUT2D eigenvalue weighted by Gasteiger charge is 2.38. The molecule has 1 aliphatic heterocycles. The first-order chi connectivity index (χ1) is 21.0. The number of hydrogen-bond acceptors (Lipinski definition) is 6. The van der Waals surface area contributed by atoms with Crippen molar-refractivity contribution in [3.63, 3.8) is 0 Å². The van der Waals surface area contributed by atoms with E-state index in [4.69, 9.17) is 20.5 Å². The van der Waals surface area contributed by atoms with E-state index in [1.54, 1.807) is 45.0 Å². The number of rotatable bonds is 9.